The SMILES string of the molecule is CCN(CC)C(=O)c1ccc(C)c(-c2nc(NC3CCN(C)CC3)nc3c2CNC(=O)N3c2c(F)cccc2F)c1.CCN(CC)C(=O)c1ccc(C)c(-c2nc(S(C)(=O)=O)nc3c2CNC(=O)N3c2c(F)cccc2F)c1. The maximum absolute atomic E-state index is 15.0. The highest BCUT2D eigenvalue weighted by molar-refractivity contribution is 7.90. The summed E-state index contributed by atoms with van der Waals surface area (Å²) in [6.07, 6.45) is 2.62. The van der Waals surface area contributed by atoms with E-state index in [1.54, 1.807) is 47.1 Å². The van der Waals surface area contributed by atoms with Crippen molar-refractivity contribution in [2.24, 2.45) is 0 Å². The summed E-state index contributed by atoms with van der Waals surface area (Å²) < 4.78 is 84.6. The van der Waals surface area contributed by atoms with Crippen LogP contribution in [0.25, 0.3) is 22.5 Å². The number of nitrogens with one attached hydrogen (secondary N) is 3. The van der Waals surface area contributed by atoms with Crippen molar-refractivity contribution in [3.05, 3.63) is 129 Å². The molecule has 410 valence electrons. The van der Waals surface area contributed by atoms with Crippen molar-refractivity contribution >= 4 is 62.7 Å². The molecule has 3 aliphatic rings. The van der Waals surface area contributed by atoms with Crippen molar-refractivity contribution in [3.8, 4) is 22.5 Å². The predicted molar refractivity (Wildman–Crippen MR) is 288 cm³/mol. The van der Waals surface area contributed by atoms with Gasteiger partial charge in [-0.15, -0.1) is 0 Å². The van der Waals surface area contributed by atoms with Gasteiger partial charge in [0.2, 0.25) is 20.9 Å². The maximum Gasteiger partial charge on any atom is 0.328 e. The number of halogens is 4. The number of hydrogen-bond donors (Lipinski definition) is 3. The zero-order valence-electron chi connectivity index (χ0n) is 44.5. The van der Waals surface area contributed by atoms with Gasteiger partial charge in [0, 0.05) is 71.9 Å². The van der Waals surface area contributed by atoms with Crippen LogP contribution in [-0.2, 0) is 22.9 Å². The average Bonchev–Trinajstić information content (AvgIpc) is 3.45. The smallest absolute Gasteiger partial charge is 0.328 e. The third-order valence-electron chi connectivity index (χ3n) is 13.9. The molecule has 3 N–H and O–H groups in total. The summed E-state index contributed by atoms with van der Waals surface area (Å²) in [5.74, 6) is -4.09. The summed E-state index contributed by atoms with van der Waals surface area (Å²) >= 11 is 0. The fraction of sp³-hybridized carbons (Fsp3) is 0.345. The molecule has 4 aromatic carbocycles. The number of rotatable bonds is 13. The van der Waals surface area contributed by atoms with Gasteiger partial charge in [0.25, 0.3) is 11.8 Å². The van der Waals surface area contributed by atoms with Gasteiger partial charge in [0.05, 0.1) is 24.5 Å². The second-order valence-corrected chi connectivity index (χ2v) is 20.9. The van der Waals surface area contributed by atoms with Gasteiger partial charge in [-0.25, -0.2) is 55.3 Å². The van der Waals surface area contributed by atoms with Crippen LogP contribution in [0.5, 0.6) is 0 Å². The Balaban J connectivity index is 0.000000207. The minimum Gasteiger partial charge on any atom is -0.351 e. The number of carbonyl (C=O) groups is 4. The number of anilines is 5. The number of fused-ring (bicyclic) bond motifs is 2. The number of aryl methyl sites for hydroxylation is 2. The lowest BCUT2D eigenvalue weighted by Crippen LogP contribution is -2.43. The Labute approximate surface area is 449 Å². The zero-order chi connectivity index (χ0) is 56.3. The van der Waals surface area contributed by atoms with E-state index in [0.29, 0.717) is 70.2 Å². The van der Waals surface area contributed by atoms with Gasteiger partial charge < -0.3 is 30.7 Å². The topological polar surface area (TPSA) is 206 Å². The third-order valence-corrected chi connectivity index (χ3v) is 14.7. The maximum atomic E-state index is 15.0. The number of benzene rings is 4. The third kappa shape index (κ3) is 11.3. The number of hydrogen-bond acceptors (Lipinski definition) is 12. The van der Waals surface area contributed by atoms with Gasteiger partial charge in [0.15, 0.2) is 11.6 Å². The van der Waals surface area contributed by atoms with Crippen molar-refractivity contribution in [2.75, 3.05) is 67.7 Å². The Hall–Kier alpha value is -8.05. The van der Waals surface area contributed by atoms with Crippen LogP contribution >= 0.6 is 0 Å². The molecule has 6 aromatic rings. The van der Waals surface area contributed by atoms with Crippen molar-refractivity contribution in [2.45, 2.75) is 78.7 Å². The van der Waals surface area contributed by atoms with E-state index < -0.39 is 61.7 Å². The molecule has 78 heavy (non-hydrogen) atoms. The number of urea groups is 2. The Morgan fingerprint density at radius 3 is 1.46 bits per heavy atom. The number of carbonyl (C=O) groups excluding carboxylic acids is 4. The minimum absolute atomic E-state index is 0.0538. The van der Waals surface area contributed by atoms with E-state index in [0.717, 1.165) is 73.0 Å². The molecule has 0 saturated carbocycles. The summed E-state index contributed by atoms with van der Waals surface area (Å²) in [7, 11) is -1.95. The van der Waals surface area contributed by atoms with Crippen LogP contribution in [0.3, 0.4) is 0 Å². The number of para-hydroxylation sites is 2. The molecule has 0 atom stereocenters. The number of piperidine rings is 1. The summed E-state index contributed by atoms with van der Waals surface area (Å²) in [4.78, 5) is 77.4. The molecule has 5 heterocycles. The highest BCUT2D eigenvalue weighted by Gasteiger charge is 2.37. The molecule has 2 aromatic heterocycles. The van der Waals surface area contributed by atoms with Crippen molar-refractivity contribution < 1.29 is 45.2 Å². The molecule has 3 aliphatic heterocycles. The van der Waals surface area contributed by atoms with Crippen molar-refractivity contribution in [3.63, 3.8) is 0 Å². The first kappa shape index (κ1) is 56.2. The van der Waals surface area contributed by atoms with Gasteiger partial charge in [-0.3, -0.25) is 9.59 Å². The van der Waals surface area contributed by atoms with E-state index in [2.05, 4.69) is 42.8 Å². The first-order valence-corrected chi connectivity index (χ1v) is 27.4. The van der Waals surface area contributed by atoms with E-state index >= 15 is 8.78 Å². The molecule has 0 bridgehead atoms. The van der Waals surface area contributed by atoms with E-state index in [1.165, 1.54) is 6.07 Å². The van der Waals surface area contributed by atoms with Crippen molar-refractivity contribution in [1.29, 1.82) is 0 Å². The lowest BCUT2D eigenvalue weighted by atomic mass is 9.97. The lowest BCUT2D eigenvalue weighted by Gasteiger charge is -2.32. The highest BCUT2D eigenvalue weighted by atomic mass is 32.2. The van der Waals surface area contributed by atoms with E-state index in [4.69, 9.17) is 4.98 Å². The van der Waals surface area contributed by atoms with E-state index in [1.807, 2.05) is 40.7 Å². The van der Waals surface area contributed by atoms with Crippen LogP contribution in [0.2, 0.25) is 0 Å². The summed E-state index contributed by atoms with van der Waals surface area (Å²) in [5, 5.41) is 8.05. The first-order valence-electron chi connectivity index (χ1n) is 25.5. The zero-order valence-corrected chi connectivity index (χ0v) is 45.3. The first-order chi connectivity index (χ1) is 37.2. The van der Waals surface area contributed by atoms with E-state index in [9.17, 15) is 36.4 Å². The van der Waals surface area contributed by atoms with Crippen LogP contribution < -0.4 is 25.8 Å². The Morgan fingerprint density at radius 1 is 0.641 bits per heavy atom. The standard InChI is InChI=1S/C30H35F2N7O2.C25H25F2N5O4S/c1-5-38(6-2)28(40)19-11-10-18(3)21(16-19)25-22-17-33-30(41)39(26-23(31)8-7-9-24(26)32)27(22)36-29(35-25)34-20-12-14-37(4)15-13-20;1-5-31(6-2)23(33)15-11-10-14(3)16(12-15)20-17-13-28-25(34)32(21-18(26)8-7-9-19(21)27)22(17)30-24(29-20)37(4,35)36/h7-11,16,20H,5-6,12-15,17H2,1-4H3,(H,33,41)(H,34,35,36);7-12H,5-6,13H2,1-4H3,(H,28,34). The van der Waals surface area contributed by atoms with Crippen LogP contribution in [0.1, 0.15) is 83.5 Å². The fourth-order valence-corrected chi connectivity index (χ4v) is 10.0. The second kappa shape index (κ2) is 23.3. The Kier molecular flexibility index (Phi) is 16.8. The van der Waals surface area contributed by atoms with Crippen molar-refractivity contribution in [1.82, 2.24) is 45.3 Å². The number of nitrogens with zero attached hydrogens (tertiary/aromatic N) is 9. The van der Waals surface area contributed by atoms with E-state index in [-0.39, 0.29) is 59.8 Å². The molecular weight excluding hydrogens is 1030 g/mol. The van der Waals surface area contributed by atoms with Crippen LogP contribution in [-0.4, -0.2) is 126 Å². The average molecular weight is 1090 g/mol. The highest BCUT2D eigenvalue weighted by Crippen LogP contribution is 2.41. The van der Waals surface area contributed by atoms with Gasteiger partial charge in [0.1, 0.15) is 34.6 Å². The Bertz CT molecular complexity index is 3400. The number of aromatic nitrogens is 4. The van der Waals surface area contributed by atoms with Gasteiger partial charge in [-0.05, 0) is 134 Å². The van der Waals surface area contributed by atoms with Crippen LogP contribution in [0, 0.1) is 37.1 Å². The molecule has 0 unspecified atom stereocenters. The largest absolute Gasteiger partial charge is 0.351 e. The van der Waals surface area contributed by atoms with Crippen LogP contribution in [0.4, 0.5) is 56.1 Å². The monoisotopic (exact) mass is 1090 g/mol. The molecule has 9 rings (SSSR count). The predicted octanol–water partition coefficient (Wildman–Crippen LogP) is 9.06. The second-order valence-electron chi connectivity index (χ2n) is 19.0. The number of sulfone groups is 1. The number of amides is 6. The molecule has 0 radical (unpaired) electrons. The lowest BCUT2D eigenvalue weighted by molar-refractivity contribution is 0.0765. The molecule has 6 amide bonds. The minimum atomic E-state index is -4.01. The molecule has 1 fully saturated rings. The van der Waals surface area contributed by atoms with Gasteiger partial charge >= 0.3 is 12.1 Å². The Morgan fingerprint density at radius 2 is 1.05 bits per heavy atom. The molecule has 0 spiro atoms. The molecular formula is C55H60F4N12O6S. The summed E-state index contributed by atoms with van der Waals surface area (Å²) in [6, 6.07) is 15.5. The van der Waals surface area contributed by atoms with Gasteiger partial charge in [-0.1, -0.05) is 24.3 Å². The normalized spacial score (nSPS) is 14.6. The molecule has 1 saturated heterocycles. The molecule has 23 heteroatoms. The quantitative estimate of drug-likeness (QED) is 0.0732. The number of likely N-dealkylation sites (tertiary alicyclic amines) is 1. The summed E-state index contributed by atoms with van der Waals surface area (Å²) in [6.45, 7) is 15.1. The fourth-order valence-electron chi connectivity index (χ4n) is 9.54. The molecule has 18 nitrogen and oxygen atoms in total. The summed E-state index contributed by atoms with van der Waals surface area (Å²) in [5.41, 5.74) is 3.61. The van der Waals surface area contributed by atoms with Gasteiger partial charge in [-0.2, -0.15) is 9.97 Å². The molecule has 0 aliphatic carbocycles. The van der Waals surface area contributed by atoms with Crippen LogP contribution in [0.15, 0.2) is 78.0 Å².